The number of carbonyl (C=O) groups excluding carboxylic acids is 1. The number of rotatable bonds is 5. The highest BCUT2D eigenvalue weighted by atomic mass is 16.5. The standard InChI is InChI=1S/C20H25N3O2/c1-3-15(2)19-21-20(25-22-19)17-10-7-13-23(14-17)18(24)12-11-16-8-5-4-6-9-16/h4-6,8-9,11-12,15,17H,3,7,10,13-14H2,1-2H3/b12-11+/t15-,17-/m0/s1. The van der Waals surface area contributed by atoms with Gasteiger partial charge in [-0.1, -0.05) is 49.3 Å². The summed E-state index contributed by atoms with van der Waals surface area (Å²) in [5.41, 5.74) is 1.03. The minimum absolute atomic E-state index is 0.0372. The molecule has 0 spiro atoms. The second-order valence-electron chi connectivity index (χ2n) is 6.67. The largest absolute Gasteiger partial charge is 0.339 e. The van der Waals surface area contributed by atoms with E-state index in [1.54, 1.807) is 6.08 Å². The van der Waals surface area contributed by atoms with Crippen LogP contribution in [0.15, 0.2) is 40.9 Å². The third-order valence-corrected chi connectivity index (χ3v) is 4.81. The Morgan fingerprint density at radius 1 is 1.40 bits per heavy atom. The number of likely N-dealkylation sites (tertiary alicyclic amines) is 1. The van der Waals surface area contributed by atoms with Gasteiger partial charge >= 0.3 is 0 Å². The zero-order valence-corrected chi connectivity index (χ0v) is 14.9. The number of hydrogen-bond donors (Lipinski definition) is 0. The summed E-state index contributed by atoms with van der Waals surface area (Å²) in [6, 6.07) is 9.86. The summed E-state index contributed by atoms with van der Waals surface area (Å²) in [6.45, 7) is 5.63. The second kappa shape index (κ2) is 8.10. The highest BCUT2D eigenvalue weighted by Crippen LogP contribution is 2.27. The Bertz CT molecular complexity index is 724. The molecule has 0 saturated carbocycles. The van der Waals surface area contributed by atoms with E-state index in [4.69, 9.17) is 4.52 Å². The van der Waals surface area contributed by atoms with E-state index in [1.165, 1.54) is 0 Å². The van der Waals surface area contributed by atoms with Gasteiger partial charge in [-0.25, -0.2) is 0 Å². The van der Waals surface area contributed by atoms with E-state index < -0.39 is 0 Å². The number of piperidine rings is 1. The van der Waals surface area contributed by atoms with E-state index >= 15 is 0 Å². The van der Waals surface area contributed by atoms with Crippen molar-refractivity contribution in [2.24, 2.45) is 0 Å². The van der Waals surface area contributed by atoms with Crippen LogP contribution in [0, 0.1) is 0 Å². The molecule has 3 rings (SSSR count). The molecule has 1 fully saturated rings. The minimum Gasteiger partial charge on any atom is -0.339 e. The van der Waals surface area contributed by atoms with Crippen molar-refractivity contribution in [3.05, 3.63) is 53.7 Å². The SMILES string of the molecule is CC[C@H](C)c1noc([C@H]2CCCN(C(=O)/C=C/c3ccccc3)C2)n1. The van der Waals surface area contributed by atoms with E-state index in [0.717, 1.165) is 37.2 Å². The van der Waals surface area contributed by atoms with Crippen molar-refractivity contribution in [2.45, 2.75) is 44.9 Å². The molecule has 132 valence electrons. The highest BCUT2D eigenvalue weighted by Gasteiger charge is 2.28. The molecule has 5 nitrogen and oxygen atoms in total. The van der Waals surface area contributed by atoms with Crippen molar-refractivity contribution >= 4 is 12.0 Å². The van der Waals surface area contributed by atoms with Gasteiger partial charge in [0.15, 0.2) is 5.82 Å². The van der Waals surface area contributed by atoms with Gasteiger partial charge in [-0.2, -0.15) is 4.98 Å². The predicted molar refractivity (Wildman–Crippen MR) is 97.0 cm³/mol. The molecular formula is C20H25N3O2. The summed E-state index contributed by atoms with van der Waals surface area (Å²) < 4.78 is 5.47. The lowest BCUT2D eigenvalue weighted by molar-refractivity contribution is -0.127. The molecule has 25 heavy (non-hydrogen) atoms. The minimum atomic E-state index is 0.0372. The van der Waals surface area contributed by atoms with Gasteiger partial charge in [0.05, 0.1) is 5.92 Å². The number of hydrogen-bond acceptors (Lipinski definition) is 4. The van der Waals surface area contributed by atoms with E-state index in [2.05, 4.69) is 24.0 Å². The number of amides is 1. The summed E-state index contributed by atoms with van der Waals surface area (Å²) in [6.07, 6.45) is 6.43. The third kappa shape index (κ3) is 4.35. The van der Waals surface area contributed by atoms with Gasteiger partial charge in [0.1, 0.15) is 0 Å². The molecule has 0 unspecified atom stereocenters. The smallest absolute Gasteiger partial charge is 0.246 e. The van der Waals surface area contributed by atoms with Crippen LogP contribution in [0.2, 0.25) is 0 Å². The summed E-state index contributed by atoms with van der Waals surface area (Å²) in [7, 11) is 0. The van der Waals surface area contributed by atoms with Crippen LogP contribution < -0.4 is 0 Å². The molecule has 0 bridgehead atoms. The fourth-order valence-corrected chi connectivity index (χ4v) is 3.01. The average molecular weight is 339 g/mol. The Kier molecular flexibility index (Phi) is 5.64. The first-order chi connectivity index (χ1) is 12.2. The molecule has 1 aliphatic heterocycles. The zero-order valence-electron chi connectivity index (χ0n) is 14.9. The molecule has 0 N–H and O–H groups in total. The molecule has 1 amide bonds. The molecule has 0 aliphatic carbocycles. The Labute approximate surface area is 148 Å². The van der Waals surface area contributed by atoms with Crippen molar-refractivity contribution in [1.29, 1.82) is 0 Å². The van der Waals surface area contributed by atoms with Gasteiger partial charge in [-0.15, -0.1) is 0 Å². The van der Waals surface area contributed by atoms with Gasteiger partial charge in [0.25, 0.3) is 0 Å². The molecule has 1 aliphatic rings. The lowest BCUT2D eigenvalue weighted by Crippen LogP contribution is -2.38. The van der Waals surface area contributed by atoms with Gasteiger partial charge in [0, 0.05) is 25.1 Å². The van der Waals surface area contributed by atoms with Crippen LogP contribution in [-0.2, 0) is 4.79 Å². The van der Waals surface area contributed by atoms with Crippen LogP contribution in [-0.4, -0.2) is 34.0 Å². The molecule has 2 heterocycles. The summed E-state index contributed by atoms with van der Waals surface area (Å²) in [5, 5.41) is 4.10. The number of aromatic nitrogens is 2. The second-order valence-corrected chi connectivity index (χ2v) is 6.67. The predicted octanol–water partition coefficient (Wildman–Crippen LogP) is 4.00. The molecular weight excluding hydrogens is 314 g/mol. The molecule has 1 aromatic carbocycles. The van der Waals surface area contributed by atoms with E-state index in [9.17, 15) is 4.79 Å². The Balaban J connectivity index is 1.63. The van der Waals surface area contributed by atoms with E-state index in [1.807, 2.05) is 41.3 Å². The maximum absolute atomic E-state index is 12.5. The topological polar surface area (TPSA) is 59.2 Å². The van der Waals surface area contributed by atoms with Crippen LogP contribution in [0.5, 0.6) is 0 Å². The number of carbonyl (C=O) groups is 1. The fraction of sp³-hybridized carbons (Fsp3) is 0.450. The first-order valence-corrected chi connectivity index (χ1v) is 9.03. The lowest BCUT2D eigenvalue weighted by Gasteiger charge is -2.30. The molecule has 2 atom stereocenters. The van der Waals surface area contributed by atoms with Crippen LogP contribution in [0.1, 0.15) is 62.2 Å². The van der Waals surface area contributed by atoms with E-state index in [0.29, 0.717) is 18.4 Å². The van der Waals surface area contributed by atoms with Crippen LogP contribution >= 0.6 is 0 Å². The first-order valence-electron chi connectivity index (χ1n) is 9.03. The van der Waals surface area contributed by atoms with Gasteiger partial charge in [-0.05, 0) is 30.9 Å². The molecule has 1 aromatic heterocycles. The summed E-state index contributed by atoms with van der Waals surface area (Å²) in [4.78, 5) is 18.9. The van der Waals surface area contributed by atoms with Crippen LogP contribution in [0.25, 0.3) is 6.08 Å². The summed E-state index contributed by atoms with van der Waals surface area (Å²) in [5.74, 6) is 1.90. The van der Waals surface area contributed by atoms with Crippen molar-refractivity contribution < 1.29 is 9.32 Å². The Hall–Kier alpha value is -2.43. The Morgan fingerprint density at radius 3 is 2.96 bits per heavy atom. The first kappa shape index (κ1) is 17.4. The van der Waals surface area contributed by atoms with Gasteiger partial charge in [0.2, 0.25) is 11.8 Å². The fourth-order valence-electron chi connectivity index (χ4n) is 3.01. The normalized spacial score (nSPS) is 19.3. The van der Waals surface area contributed by atoms with E-state index in [-0.39, 0.29) is 11.8 Å². The molecule has 1 saturated heterocycles. The number of nitrogens with zero attached hydrogens (tertiary/aromatic N) is 3. The highest BCUT2D eigenvalue weighted by molar-refractivity contribution is 5.91. The van der Waals surface area contributed by atoms with Gasteiger partial charge in [-0.3, -0.25) is 4.79 Å². The van der Waals surface area contributed by atoms with Crippen molar-refractivity contribution in [3.8, 4) is 0 Å². The Morgan fingerprint density at radius 2 is 2.20 bits per heavy atom. The zero-order chi connectivity index (χ0) is 17.6. The number of benzene rings is 1. The maximum Gasteiger partial charge on any atom is 0.246 e. The van der Waals surface area contributed by atoms with Gasteiger partial charge < -0.3 is 9.42 Å². The van der Waals surface area contributed by atoms with Crippen molar-refractivity contribution in [2.75, 3.05) is 13.1 Å². The maximum atomic E-state index is 12.5. The molecule has 0 radical (unpaired) electrons. The third-order valence-electron chi connectivity index (χ3n) is 4.81. The van der Waals surface area contributed by atoms with Crippen molar-refractivity contribution in [1.82, 2.24) is 15.0 Å². The lowest BCUT2D eigenvalue weighted by atomic mass is 9.97. The average Bonchev–Trinajstić information content (AvgIpc) is 3.16. The molecule has 5 heteroatoms. The quantitative estimate of drug-likeness (QED) is 0.773. The van der Waals surface area contributed by atoms with Crippen molar-refractivity contribution in [3.63, 3.8) is 0 Å². The monoisotopic (exact) mass is 339 g/mol. The summed E-state index contributed by atoms with van der Waals surface area (Å²) >= 11 is 0. The van der Waals surface area contributed by atoms with Crippen LogP contribution in [0.4, 0.5) is 0 Å². The molecule has 2 aromatic rings. The van der Waals surface area contributed by atoms with Crippen LogP contribution in [0.3, 0.4) is 0 Å².